The van der Waals surface area contributed by atoms with Gasteiger partial charge >= 0.3 is 6.36 Å². The molecular formula is C21H16F3N3O3S. The molecule has 0 radical (unpaired) electrons. The van der Waals surface area contributed by atoms with Crippen LogP contribution < -0.4 is 4.74 Å². The first-order valence-corrected chi connectivity index (χ1v) is 10.8. The van der Waals surface area contributed by atoms with E-state index in [1.165, 1.54) is 0 Å². The van der Waals surface area contributed by atoms with Crippen molar-refractivity contribution in [3.8, 4) is 11.4 Å². The van der Waals surface area contributed by atoms with Gasteiger partial charge in [-0.3, -0.25) is 4.98 Å². The van der Waals surface area contributed by atoms with Gasteiger partial charge < -0.3 is 4.74 Å². The molecule has 0 saturated carbocycles. The summed E-state index contributed by atoms with van der Waals surface area (Å²) in [4.78, 5) is 4.19. The summed E-state index contributed by atoms with van der Waals surface area (Å²) in [6, 6.07) is 14.9. The Labute approximate surface area is 175 Å². The first-order chi connectivity index (χ1) is 14.6. The summed E-state index contributed by atoms with van der Waals surface area (Å²) in [6.45, 7) is 1.75. The van der Waals surface area contributed by atoms with Crippen molar-refractivity contribution >= 4 is 20.7 Å². The summed E-state index contributed by atoms with van der Waals surface area (Å²) < 4.78 is 68.2. The Morgan fingerprint density at radius 1 is 1.03 bits per heavy atom. The number of alkyl halides is 3. The van der Waals surface area contributed by atoms with Crippen molar-refractivity contribution in [2.24, 2.45) is 0 Å². The van der Waals surface area contributed by atoms with Gasteiger partial charge in [0.25, 0.3) is 0 Å². The Balaban J connectivity index is 1.69. The van der Waals surface area contributed by atoms with E-state index >= 15 is 0 Å². The average Bonchev–Trinajstić information content (AvgIpc) is 3.06. The summed E-state index contributed by atoms with van der Waals surface area (Å²) in [5.41, 5.74) is 2.46. The number of hydrogen-bond donors (Lipinski definition) is 0. The Morgan fingerprint density at radius 2 is 1.77 bits per heavy atom. The topological polar surface area (TPSA) is 74.1 Å². The van der Waals surface area contributed by atoms with E-state index in [0.29, 0.717) is 17.1 Å². The molecule has 0 atom stereocenters. The second-order valence-electron chi connectivity index (χ2n) is 6.81. The highest BCUT2D eigenvalue weighted by molar-refractivity contribution is 7.90. The smallest absolute Gasteiger partial charge is 0.406 e. The van der Waals surface area contributed by atoms with Gasteiger partial charge in [0.15, 0.2) is 9.84 Å². The molecule has 0 bridgehead atoms. The van der Waals surface area contributed by atoms with E-state index in [9.17, 15) is 21.6 Å². The largest absolute Gasteiger partial charge is 0.573 e. The minimum Gasteiger partial charge on any atom is -0.406 e. The third-order valence-corrected chi connectivity index (χ3v) is 6.18. The van der Waals surface area contributed by atoms with Crippen molar-refractivity contribution in [1.82, 2.24) is 14.8 Å². The molecular weight excluding hydrogens is 431 g/mol. The minimum absolute atomic E-state index is 0.119. The minimum atomic E-state index is -4.85. The number of nitrogens with zero attached hydrogens (tertiary/aromatic N) is 3. The van der Waals surface area contributed by atoms with Gasteiger partial charge in [-0.2, -0.15) is 5.10 Å². The molecule has 0 aliphatic carbocycles. The van der Waals surface area contributed by atoms with Gasteiger partial charge in [0.1, 0.15) is 5.75 Å². The van der Waals surface area contributed by atoms with Crippen LogP contribution in [-0.2, 0) is 15.6 Å². The van der Waals surface area contributed by atoms with Crippen LogP contribution in [0.5, 0.6) is 5.75 Å². The van der Waals surface area contributed by atoms with Crippen molar-refractivity contribution in [3.63, 3.8) is 0 Å². The highest BCUT2D eigenvalue weighted by atomic mass is 32.2. The maximum absolute atomic E-state index is 12.9. The monoisotopic (exact) mass is 447 g/mol. The van der Waals surface area contributed by atoms with E-state index < -0.39 is 21.9 Å². The molecule has 0 amide bonds. The SMILES string of the molecule is Cc1cc(CS(=O)(=O)c2ccc(OC(F)(F)F)cc2)n(-c2cccc3ncccc23)n1. The van der Waals surface area contributed by atoms with Crippen molar-refractivity contribution < 1.29 is 26.3 Å². The van der Waals surface area contributed by atoms with Gasteiger partial charge in [-0.25, -0.2) is 13.1 Å². The zero-order chi connectivity index (χ0) is 22.2. The number of benzene rings is 2. The number of ether oxygens (including phenoxy) is 1. The number of sulfone groups is 1. The van der Waals surface area contributed by atoms with Crippen molar-refractivity contribution in [2.75, 3.05) is 0 Å². The molecule has 4 aromatic rings. The van der Waals surface area contributed by atoms with Crippen LogP contribution in [0.2, 0.25) is 0 Å². The number of pyridine rings is 1. The summed E-state index contributed by atoms with van der Waals surface area (Å²) >= 11 is 0. The molecule has 2 aromatic heterocycles. The van der Waals surface area contributed by atoms with E-state index in [4.69, 9.17) is 0 Å². The molecule has 10 heteroatoms. The number of aromatic nitrogens is 3. The Morgan fingerprint density at radius 3 is 2.48 bits per heavy atom. The van der Waals surface area contributed by atoms with Crippen LogP contribution in [0.15, 0.2) is 71.8 Å². The zero-order valence-corrected chi connectivity index (χ0v) is 17.0. The molecule has 0 spiro atoms. The van der Waals surface area contributed by atoms with Crippen LogP contribution >= 0.6 is 0 Å². The second-order valence-corrected chi connectivity index (χ2v) is 8.80. The van der Waals surface area contributed by atoms with Gasteiger partial charge in [-0.15, -0.1) is 13.2 Å². The lowest BCUT2D eigenvalue weighted by Crippen LogP contribution is -2.17. The first-order valence-electron chi connectivity index (χ1n) is 9.11. The van der Waals surface area contributed by atoms with E-state index in [2.05, 4.69) is 14.8 Å². The van der Waals surface area contributed by atoms with Crippen LogP contribution in [0.4, 0.5) is 13.2 Å². The predicted molar refractivity (Wildman–Crippen MR) is 108 cm³/mol. The summed E-state index contributed by atoms with van der Waals surface area (Å²) in [5, 5.41) is 5.25. The van der Waals surface area contributed by atoms with Gasteiger partial charge in [0.05, 0.1) is 33.2 Å². The van der Waals surface area contributed by atoms with Crippen LogP contribution in [0.25, 0.3) is 16.6 Å². The average molecular weight is 447 g/mol. The maximum atomic E-state index is 12.9. The third kappa shape index (κ3) is 4.53. The van der Waals surface area contributed by atoms with Crippen molar-refractivity contribution in [3.05, 3.63) is 78.2 Å². The lowest BCUT2D eigenvalue weighted by molar-refractivity contribution is -0.274. The molecule has 160 valence electrons. The normalized spacial score (nSPS) is 12.3. The lowest BCUT2D eigenvalue weighted by atomic mass is 10.2. The van der Waals surface area contributed by atoms with E-state index in [-0.39, 0.29) is 10.6 Å². The predicted octanol–water partition coefficient (Wildman–Crippen LogP) is 4.60. The Hall–Kier alpha value is -3.40. The molecule has 0 fully saturated rings. The summed E-state index contributed by atoms with van der Waals surface area (Å²) in [7, 11) is -3.86. The molecule has 2 aromatic carbocycles. The summed E-state index contributed by atoms with van der Waals surface area (Å²) in [6.07, 6.45) is -3.18. The number of rotatable bonds is 5. The van der Waals surface area contributed by atoms with Gasteiger partial charge in [0.2, 0.25) is 0 Å². The van der Waals surface area contributed by atoms with E-state index in [1.807, 2.05) is 18.2 Å². The molecule has 0 N–H and O–H groups in total. The molecule has 0 unspecified atom stereocenters. The lowest BCUT2D eigenvalue weighted by Gasteiger charge is -2.12. The van der Waals surface area contributed by atoms with E-state index in [0.717, 1.165) is 35.2 Å². The quantitative estimate of drug-likeness (QED) is 0.447. The van der Waals surface area contributed by atoms with Crippen LogP contribution in [-0.4, -0.2) is 29.5 Å². The Kier molecular flexibility index (Phi) is 5.18. The fraction of sp³-hybridized carbons (Fsp3) is 0.143. The highest BCUT2D eigenvalue weighted by Crippen LogP contribution is 2.27. The second kappa shape index (κ2) is 7.69. The number of halogens is 3. The standard InChI is InChI=1S/C21H16F3N3O3S/c1-14-12-15(27(26-14)20-6-2-5-19-18(20)4-3-11-25-19)13-31(28,29)17-9-7-16(8-10-17)30-21(22,23)24/h2-12H,13H2,1H3. The van der Waals surface area contributed by atoms with Gasteiger partial charge in [0, 0.05) is 11.6 Å². The molecule has 6 nitrogen and oxygen atoms in total. The van der Waals surface area contributed by atoms with Gasteiger partial charge in [-0.05, 0) is 61.5 Å². The third-order valence-electron chi connectivity index (χ3n) is 4.51. The van der Waals surface area contributed by atoms with Crippen LogP contribution in [0.3, 0.4) is 0 Å². The fourth-order valence-electron chi connectivity index (χ4n) is 3.26. The fourth-order valence-corrected chi connectivity index (χ4v) is 4.58. The Bertz CT molecular complexity index is 1340. The number of aryl methyl sites for hydroxylation is 1. The molecule has 0 saturated heterocycles. The molecule has 2 heterocycles. The molecule has 4 rings (SSSR count). The zero-order valence-electron chi connectivity index (χ0n) is 16.2. The summed E-state index contributed by atoms with van der Waals surface area (Å²) in [5.74, 6) is -0.875. The molecule has 31 heavy (non-hydrogen) atoms. The molecule has 0 aliphatic rings. The van der Waals surface area contributed by atoms with Crippen LogP contribution in [0.1, 0.15) is 11.4 Å². The van der Waals surface area contributed by atoms with Crippen molar-refractivity contribution in [1.29, 1.82) is 0 Å². The van der Waals surface area contributed by atoms with Crippen LogP contribution in [0, 0.1) is 6.92 Å². The highest BCUT2D eigenvalue weighted by Gasteiger charge is 2.31. The van der Waals surface area contributed by atoms with Gasteiger partial charge in [-0.1, -0.05) is 6.07 Å². The van der Waals surface area contributed by atoms with Crippen molar-refractivity contribution in [2.45, 2.75) is 23.9 Å². The maximum Gasteiger partial charge on any atom is 0.573 e. The first kappa shape index (κ1) is 20.9. The number of fused-ring (bicyclic) bond motifs is 1. The molecule has 0 aliphatic heterocycles. The number of hydrogen-bond acceptors (Lipinski definition) is 5. The van der Waals surface area contributed by atoms with E-state index in [1.54, 1.807) is 36.0 Å².